The smallest absolute Gasteiger partial charge is 0.124 e. The second kappa shape index (κ2) is 5.38. The van der Waals surface area contributed by atoms with Crippen LogP contribution in [0.4, 0.5) is 0 Å². The Morgan fingerprint density at radius 2 is 1.90 bits per heavy atom. The Morgan fingerprint density at radius 1 is 1.20 bits per heavy atom. The Hall–Kier alpha value is -1.06. The van der Waals surface area contributed by atoms with Crippen LogP contribution in [0.1, 0.15) is 44.7 Å². The van der Waals surface area contributed by atoms with Crippen molar-refractivity contribution >= 4 is 0 Å². The molecule has 2 N–H and O–H groups in total. The number of ether oxygens (including phenoxy) is 1. The van der Waals surface area contributed by atoms with Gasteiger partial charge in [-0.2, -0.15) is 0 Å². The van der Waals surface area contributed by atoms with E-state index >= 15 is 0 Å². The third kappa shape index (κ3) is 2.57. The van der Waals surface area contributed by atoms with E-state index in [4.69, 9.17) is 10.5 Å². The second-order valence-corrected chi connectivity index (χ2v) is 6.74. The summed E-state index contributed by atoms with van der Waals surface area (Å²) in [5.74, 6) is 1.30. The monoisotopic (exact) mass is 274 g/mol. The third-order valence-electron chi connectivity index (χ3n) is 4.88. The summed E-state index contributed by atoms with van der Waals surface area (Å²) in [6.45, 7) is 7.82. The van der Waals surface area contributed by atoms with Crippen LogP contribution in [0.3, 0.4) is 0 Å². The lowest BCUT2D eigenvalue weighted by atomic mass is 9.78. The van der Waals surface area contributed by atoms with Gasteiger partial charge < -0.3 is 15.4 Å². The molecular weight excluding hydrogens is 248 g/mol. The summed E-state index contributed by atoms with van der Waals surface area (Å²) in [4.78, 5) is 2.56. The molecule has 2 atom stereocenters. The van der Waals surface area contributed by atoms with Crippen LogP contribution in [0.15, 0.2) is 24.3 Å². The molecule has 0 spiro atoms. The van der Waals surface area contributed by atoms with Crippen LogP contribution in [-0.4, -0.2) is 30.1 Å². The molecule has 110 valence electrons. The standard InChI is InChI=1S/C17H26N2O/c1-17(2)14(12-19-10-6-3-7-11-19)16(18)13-8-4-5-9-15(13)20-17/h4-5,8-9,14,16H,3,6-7,10-12,18H2,1-2H3. The van der Waals surface area contributed by atoms with Gasteiger partial charge in [0.1, 0.15) is 11.4 Å². The van der Waals surface area contributed by atoms with Crippen molar-refractivity contribution in [3.63, 3.8) is 0 Å². The molecule has 3 heteroatoms. The van der Waals surface area contributed by atoms with Gasteiger partial charge in [-0.15, -0.1) is 0 Å². The lowest BCUT2D eigenvalue weighted by Crippen LogP contribution is -2.52. The topological polar surface area (TPSA) is 38.5 Å². The summed E-state index contributed by atoms with van der Waals surface area (Å²) in [7, 11) is 0. The highest BCUT2D eigenvalue weighted by Gasteiger charge is 2.42. The first-order chi connectivity index (χ1) is 9.58. The first kappa shape index (κ1) is 13.9. The Balaban J connectivity index is 1.82. The van der Waals surface area contributed by atoms with E-state index in [-0.39, 0.29) is 11.6 Å². The first-order valence-electron chi connectivity index (χ1n) is 7.84. The maximum Gasteiger partial charge on any atom is 0.124 e. The number of nitrogens with two attached hydrogens (primary N) is 1. The molecule has 0 aromatic heterocycles. The fraction of sp³-hybridized carbons (Fsp3) is 0.647. The molecule has 3 nitrogen and oxygen atoms in total. The van der Waals surface area contributed by atoms with E-state index in [1.807, 2.05) is 12.1 Å². The van der Waals surface area contributed by atoms with Crippen LogP contribution in [0.25, 0.3) is 0 Å². The van der Waals surface area contributed by atoms with Crippen molar-refractivity contribution in [1.29, 1.82) is 0 Å². The Labute approximate surface area is 122 Å². The average Bonchev–Trinajstić information content (AvgIpc) is 2.44. The van der Waals surface area contributed by atoms with Gasteiger partial charge in [0.2, 0.25) is 0 Å². The van der Waals surface area contributed by atoms with Crippen LogP contribution in [0.5, 0.6) is 5.75 Å². The molecule has 3 rings (SSSR count). The molecule has 0 bridgehead atoms. The highest BCUT2D eigenvalue weighted by molar-refractivity contribution is 5.39. The van der Waals surface area contributed by atoms with Crippen molar-refractivity contribution in [2.45, 2.75) is 44.8 Å². The second-order valence-electron chi connectivity index (χ2n) is 6.74. The van der Waals surface area contributed by atoms with Crippen LogP contribution in [0.2, 0.25) is 0 Å². The van der Waals surface area contributed by atoms with Crippen molar-refractivity contribution in [2.75, 3.05) is 19.6 Å². The van der Waals surface area contributed by atoms with Gasteiger partial charge in [0, 0.05) is 24.1 Å². The number of likely N-dealkylation sites (tertiary alicyclic amines) is 1. The molecule has 1 aromatic carbocycles. The summed E-state index contributed by atoms with van der Waals surface area (Å²) in [6, 6.07) is 8.29. The summed E-state index contributed by atoms with van der Waals surface area (Å²) >= 11 is 0. The summed E-state index contributed by atoms with van der Waals surface area (Å²) in [6.07, 6.45) is 4.01. The number of piperidine rings is 1. The molecule has 2 unspecified atom stereocenters. The number of hydrogen-bond donors (Lipinski definition) is 1. The predicted molar refractivity (Wildman–Crippen MR) is 81.9 cm³/mol. The van der Waals surface area contributed by atoms with Crippen molar-refractivity contribution in [3.8, 4) is 5.75 Å². The summed E-state index contributed by atoms with van der Waals surface area (Å²) in [5.41, 5.74) is 7.53. The van der Waals surface area contributed by atoms with Gasteiger partial charge in [-0.1, -0.05) is 24.6 Å². The Bertz CT molecular complexity index is 466. The number of para-hydroxylation sites is 1. The highest BCUT2D eigenvalue weighted by atomic mass is 16.5. The molecule has 2 aliphatic rings. The third-order valence-corrected chi connectivity index (χ3v) is 4.88. The number of rotatable bonds is 2. The lowest BCUT2D eigenvalue weighted by molar-refractivity contribution is -0.00911. The molecule has 1 fully saturated rings. The van der Waals surface area contributed by atoms with Crippen molar-refractivity contribution in [2.24, 2.45) is 11.7 Å². The van der Waals surface area contributed by atoms with Crippen LogP contribution < -0.4 is 10.5 Å². The predicted octanol–water partition coefficient (Wildman–Crippen LogP) is 2.96. The molecule has 1 aromatic rings. The van der Waals surface area contributed by atoms with E-state index in [2.05, 4.69) is 30.9 Å². The van der Waals surface area contributed by atoms with Crippen LogP contribution in [0, 0.1) is 5.92 Å². The molecule has 2 aliphatic heterocycles. The molecule has 0 amide bonds. The van der Waals surface area contributed by atoms with Gasteiger partial charge in [-0.3, -0.25) is 0 Å². The van der Waals surface area contributed by atoms with E-state index in [0.29, 0.717) is 5.92 Å². The summed E-state index contributed by atoms with van der Waals surface area (Å²) in [5, 5.41) is 0. The van der Waals surface area contributed by atoms with E-state index in [0.717, 1.165) is 17.9 Å². The Kier molecular flexibility index (Phi) is 3.74. The molecule has 0 aliphatic carbocycles. The van der Waals surface area contributed by atoms with Gasteiger partial charge in [-0.05, 0) is 45.8 Å². The molecule has 2 heterocycles. The molecule has 0 saturated carbocycles. The molecular formula is C17H26N2O. The largest absolute Gasteiger partial charge is 0.487 e. The average molecular weight is 274 g/mol. The number of fused-ring (bicyclic) bond motifs is 1. The number of benzene rings is 1. The van der Waals surface area contributed by atoms with E-state index in [9.17, 15) is 0 Å². The van der Waals surface area contributed by atoms with Gasteiger partial charge >= 0.3 is 0 Å². The zero-order valence-electron chi connectivity index (χ0n) is 12.6. The first-order valence-corrected chi connectivity index (χ1v) is 7.84. The minimum absolute atomic E-state index is 0.0666. The van der Waals surface area contributed by atoms with Crippen LogP contribution >= 0.6 is 0 Å². The van der Waals surface area contributed by atoms with Gasteiger partial charge in [0.25, 0.3) is 0 Å². The van der Waals surface area contributed by atoms with E-state index < -0.39 is 0 Å². The van der Waals surface area contributed by atoms with Gasteiger partial charge in [-0.25, -0.2) is 0 Å². The number of hydrogen-bond acceptors (Lipinski definition) is 3. The molecule has 0 radical (unpaired) electrons. The zero-order chi connectivity index (χ0) is 14.2. The maximum absolute atomic E-state index is 6.58. The maximum atomic E-state index is 6.58. The number of nitrogens with zero attached hydrogens (tertiary/aromatic N) is 1. The normalized spacial score (nSPS) is 29.6. The quantitative estimate of drug-likeness (QED) is 0.901. The fourth-order valence-electron chi connectivity index (χ4n) is 3.61. The fourth-order valence-corrected chi connectivity index (χ4v) is 3.61. The minimum atomic E-state index is -0.203. The van der Waals surface area contributed by atoms with Gasteiger partial charge in [0.15, 0.2) is 0 Å². The van der Waals surface area contributed by atoms with Gasteiger partial charge in [0.05, 0.1) is 0 Å². The summed E-state index contributed by atoms with van der Waals surface area (Å²) < 4.78 is 6.24. The molecule has 1 saturated heterocycles. The van der Waals surface area contributed by atoms with Crippen LogP contribution in [-0.2, 0) is 0 Å². The minimum Gasteiger partial charge on any atom is -0.487 e. The van der Waals surface area contributed by atoms with Crippen molar-refractivity contribution in [1.82, 2.24) is 4.90 Å². The van der Waals surface area contributed by atoms with E-state index in [1.54, 1.807) is 0 Å². The van der Waals surface area contributed by atoms with Crippen molar-refractivity contribution < 1.29 is 4.74 Å². The lowest BCUT2D eigenvalue weighted by Gasteiger charge is -2.46. The molecule has 20 heavy (non-hydrogen) atoms. The van der Waals surface area contributed by atoms with E-state index in [1.165, 1.54) is 32.4 Å². The SMILES string of the molecule is CC1(C)Oc2ccccc2C(N)C1CN1CCCCC1. The Morgan fingerprint density at radius 3 is 2.65 bits per heavy atom. The highest BCUT2D eigenvalue weighted by Crippen LogP contribution is 2.42. The zero-order valence-corrected chi connectivity index (χ0v) is 12.6. The van der Waals surface area contributed by atoms with Crippen molar-refractivity contribution in [3.05, 3.63) is 29.8 Å².